The lowest BCUT2D eigenvalue weighted by molar-refractivity contribution is 0.0409. The molecule has 1 aromatic rings. The highest BCUT2D eigenvalue weighted by Crippen LogP contribution is 2.40. The molecule has 6 atom stereocenters. The van der Waals surface area contributed by atoms with E-state index in [4.69, 9.17) is 16.7 Å². The molecule has 28 heavy (non-hydrogen) atoms. The number of aromatic carboxylic acids is 1. The van der Waals surface area contributed by atoms with Crippen molar-refractivity contribution >= 4 is 28.9 Å². The highest BCUT2D eigenvalue weighted by Gasteiger charge is 2.39. The highest BCUT2D eigenvalue weighted by atomic mass is 35.5. The van der Waals surface area contributed by atoms with Gasteiger partial charge in [-0.2, -0.15) is 0 Å². The smallest absolute Gasteiger partial charge is 0.345 e. The number of carboxylic acid groups (broad SMARTS) is 1. The fraction of sp³-hybridized carbons (Fsp3) is 0.667. The first-order valence-corrected chi connectivity index (χ1v) is 11.3. The van der Waals surface area contributed by atoms with Gasteiger partial charge in [0.2, 0.25) is 0 Å². The molecule has 0 spiro atoms. The number of hydrogen-bond donors (Lipinski definition) is 4. The number of rotatable bonds is 11. The normalized spacial score (nSPS) is 27.3. The molecule has 1 aliphatic rings. The Hall–Kier alpha value is -0.920. The van der Waals surface area contributed by atoms with Gasteiger partial charge >= 0.3 is 5.97 Å². The molecule has 0 aliphatic heterocycles. The molecule has 1 aliphatic carbocycles. The zero-order valence-electron chi connectivity index (χ0n) is 16.2. The number of carbonyl (C=O) groups is 1. The molecule has 0 saturated heterocycles. The Morgan fingerprint density at radius 2 is 2.11 bits per heavy atom. The second kappa shape index (κ2) is 11.3. The summed E-state index contributed by atoms with van der Waals surface area (Å²) >= 11 is 7.75. The van der Waals surface area contributed by atoms with Crippen LogP contribution in [0.1, 0.15) is 60.0 Å². The average Bonchev–Trinajstić information content (AvgIpc) is 3.23. The first-order valence-electron chi connectivity index (χ1n) is 10.0. The number of unbranched alkanes of at least 4 members (excludes halogenated alkanes) is 1. The third kappa shape index (κ3) is 6.56. The molecule has 1 heterocycles. The summed E-state index contributed by atoms with van der Waals surface area (Å²) in [5.41, 5.74) is 0. The third-order valence-electron chi connectivity index (χ3n) is 5.48. The van der Waals surface area contributed by atoms with Crippen LogP contribution in [-0.2, 0) is 6.42 Å². The van der Waals surface area contributed by atoms with Crippen LogP contribution in [-0.4, -0.2) is 50.1 Å². The van der Waals surface area contributed by atoms with E-state index in [0.717, 1.165) is 37.0 Å². The summed E-state index contributed by atoms with van der Waals surface area (Å²) in [5, 5.41) is 39.3. The van der Waals surface area contributed by atoms with Crippen LogP contribution in [0.2, 0.25) is 0 Å². The molecule has 0 aromatic carbocycles. The Morgan fingerprint density at radius 1 is 1.36 bits per heavy atom. The zero-order chi connectivity index (χ0) is 20.7. The van der Waals surface area contributed by atoms with E-state index >= 15 is 0 Å². The van der Waals surface area contributed by atoms with E-state index in [2.05, 4.69) is 0 Å². The quantitative estimate of drug-likeness (QED) is 0.316. The summed E-state index contributed by atoms with van der Waals surface area (Å²) < 4.78 is 0. The van der Waals surface area contributed by atoms with Crippen molar-refractivity contribution in [2.45, 2.75) is 75.6 Å². The maximum atomic E-state index is 11.0. The molecule has 2 rings (SSSR count). The minimum Gasteiger partial charge on any atom is -0.477 e. The first kappa shape index (κ1) is 23.4. The van der Waals surface area contributed by atoms with E-state index in [1.54, 1.807) is 12.1 Å². The summed E-state index contributed by atoms with van der Waals surface area (Å²) in [6, 6.07) is 3.48. The van der Waals surface area contributed by atoms with Crippen molar-refractivity contribution in [3.05, 3.63) is 34.0 Å². The van der Waals surface area contributed by atoms with Gasteiger partial charge in [0.1, 0.15) is 4.88 Å². The number of aryl methyl sites for hydroxylation is 1. The Kier molecular flexibility index (Phi) is 9.44. The van der Waals surface area contributed by atoms with E-state index < -0.39 is 24.3 Å². The molecule has 7 heteroatoms. The summed E-state index contributed by atoms with van der Waals surface area (Å²) in [7, 11) is 0. The maximum Gasteiger partial charge on any atom is 0.345 e. The lowest BCUT2D eigenvalue weighted by atomic mass is 9.88. The predicted molar refractivity (Wildman–Crippen MR) is 112 cm³/mol. The predicted octanol–water partition coefficient (Wildman–Crippen LogP) is 3.84. The molecule has 1 fully saturated rings. The van der Waals surface area contributed by atoms with Crippen LogP contribution in [0.15, 0.2) is 24.3 Å². The van der Waals surface area contributed by atoms with Gasteiger partial charge < -0.3 is 20.4 Å². The zero-order valence-corrected chi connectivity index (χ0v) is 17.8. The van der Waals surface area contributed by atoms with Crippen LogP contribution >= 0.6 is 22.9 Å². The van der Waals surface area contributed by atoms with E-state index in [0.29, 0.717) is 17.7 Å². The van der Waals surface area contributed by atoms with Crippen LogP contribution in [0.4, 0.5) is 0 Å². The second-order valence-electron chi connectivity index (χ2n) is 7.61. The largest absolute Gasteiger partial charge is 0.477 e. The molecule has 1 aromatic heterocycles. The van der Waals surface area contributed by atoms with Crippen LogP contribution in [0, 0.1) is 11.8 Å². The monoisotopic (exact) mass is 430 g/mol. The van der Waals surface area contributed by atoms with Crippen LogP contribution < -0.4 is 0 Å². The minimum atomic E-state index is -0.936. The Morgan fingerprint density at radius 3 is 2.75 bits per heavy atom. The standard InChI is InChI=1S/C21H31ClO5S/c1-2-3-7-17(23)18(24)10-9-15-14(16(22)12-19(15)25)6-4-5-13-8-11-20(28-13)21(26)27/h8-11,14-19,23-25H,2-7,12H2,1H3,(H,26,27)/t14-,15-,16-,17?,18-,19-/m1/s1. The summed E-state index contributed by atoms with van der Waals surface area (Å²) in [5.74, 6) is -0.957. The van der Waals surface area contributed by atoms with E-state index in [1.165, 1.54) is 11.3 Å². The number of carboxylic acids is 1. The fourth-order valence-electron chi connectivity index (χ4n) is 3.83. The number of thiophene rings is 1. The second-order valence-corrected chi connectivity index (χ2v) is 9.34. The number of hydrogen-bond acceptors (Lipinski definition) is 5. The number of halogens is 1. The van der Waals surface area contributed by atoms with Crippen molar-refractivity contribution in [1.29, 1.82) is 0 Å². The van der Waals surface area contributed by atoms with E-state index in [-0.39, 0.29) is 17.2 Å². The minimum absolute atomic E-state index is 0.0896. The highest BCUT2D eigenvalue weighted by molar-refractivity contribution is 7.13. The third-order valence-corrected chi connectivity index (χ3v) is 7.12. The van der Waals surface area contributed by atoms with E-state index in [1.807, 2.05) is 19.1 Å². The van der Waals surface area contributed by atoms with Crippen molar-refractivity contribution in [2.24, 2.45) is 11.8 Å². The van der Waals surface area contributed by atoms with Gasteiger partial charge in [-0.3, -0.25) is 0 Å². The molecular formula is C21H31ClO5S. The van der Waals surface area contributed by atoms with Crippen LogP contribution in [0.3, 0.4) is 0 Å². The molecular weight excluding hydrogens is 400 g/mol. The molecule has 158 valence electrons. The van der Waals surface area contributed by atoms with Gasteiger partial charge in [-0.05, 0) is 50.2 Å². The van der Waals surface area contributed by atoms with Gasteiger partial charge in [0.25, 0.3) is 0 Å². The summed E-state index contributed by atoms with van der Waals surface area (Å²) in [6.45, 7) is 2.04. The lowest BCUT2D eigenvalue weighted by Gasteiger charge is -2.21. The molecule has 0 radical (unpaired) electrons. The number of aliphatic hydroxyl groups excluding tert-OH is 3. The molecule has 1 unspecified atom stereocenters. The van der Waals surface area contributed by atoms with Gasteiger partial charge in [-0.1, -0.05) is 31.9 Å². The fourth-order valence-corrected chi connectivity index (χ4v) is 5.19. The Bertz CT molecular complexity index is 646. The lowest BCUT2D eigenvalue weighted by Crippen LogP contribution is -2.25. The topological polar surface area (TPSA) is 98.0 Å². The Labute approximate surface area is 175 Å². The number of aliphatic hydroxyl groups is 3. The average molecular weight is 431 g/mol. The van der Waals surface area contributed by atoms with Gasteiger partial charge in [0, 0.05) is 16.2 Å². The maximum absolute atomic E-state index is 11.0. The van der Waals surface area contributed by atoms with Crippen molar-refractivity contribution in [3.8, 4) is 0 Å². The van der Waals surface area contributed by atoms with Crippen molar-refractivity contribution in [3.63, 3.8) is 0 Å². The van der Waals surface area contributed by atoms with Gasteiger partial charge in [-0.15, -0.1) is 22.9 Å². The van der Waals surface area contributed by atoms with E-state index in [9.17, 15) is 20.1 Å². The van der Waals surface area contributed by atoms with Gasteiger partial charge in [0.05, 0.1) is 18.3 Å². The molecule has 0 bridgehead atoms. The van der Waals surface area contributed by atoms with Crippen molar-refractivity contribution < 1.29 is 25.2 Å². The summed E-state index contributed by atoms with van der Waals surface area (Å²) in [6.07, 6.45) is 6.46. The first-order chi connectivity index (χ1) is 13.3. The molecule has 1 saturated carbocycles. The van der Waals surface area contributed by atoms with Crippen molar-refractivity contribution in [1.82, 2.24) is 0 Å². The van der Waals surface area contributed by atoms with Gasteiger partial charge in [-0.25, -0.2) is 4.79 Å². The van der Waals surface area contributed by atoms with Crippen LogP contribution in [0.5, 0.6) is 0 Å². The SMILES string of the molecule is CCCCC(O)[C@H](O)C=C[C@@H]1[C@@H](CCCc2ccc(C(=O)O)s2)[C@H](Cl)C[C@H]1O. The molecule has 0 amide bonds. The van der Waals surface area contributed by atoms with Crippen molar-refractivity contribution in [2.75, 3.05) is 0 Å². The Balaban J connectivity index is 1.89. The van der Waals surface area contributed by atoms with Gasteiger partial charge in [0.15, 0.2) is 0 Å². The molecule has 4 N–H and O–H groups in total. The van der Waals surface area contributed by atoms with Crippen LogP contribution in [0.25, 0.3) is 0 Å². The molecule has 5 nitrogen and oxygen atoms in total. The number of alkyl halides is 1. The summed E-state index contributed by atoms with van der Waals surface area (Å²) in [4.78, 5) is 12.3.